The SMILES string of the molecule is COc1cccc(OC(C)c2nnc(SCC(=O)Nc3cccc(O)c3)n2C)c1. The molecule has 0 bridgehead atoms. The number of methoxy groups -OCH3 is 1. The molecule has 2 aromatic carbocycles. The third-order valence-electron chi connectivity index (χ3n) is 4.05. The first-order valence-corrected chi connectivity index (χ1v) is 9.86. The fourth-order valence-electron chi connectivity index (χ4n) is 2.65. The lowest BCUT2D eigenvalue weighted by molar-refractivity contribution is -0.113. The lowest BCUT2D eigenvalue weighted by Gasteiger charge is -2.14. The number of hydrogen-bond acceptors (Lipinski definition) is 7. The highest BCUT2D eigenvalue weighted by Crippen LogP contribution is 2.26. The van der Waals surface area contributed by atoms with Gasteiger partial charge in [-0.3, -0.25) is 4.79 Å². The van der Waals surface area contributed by atoms with Gasteiger partial charge in [-0.15, -0.1) is 10.2 Å². The summed E-state index contributed by atoms with van der Waals surface area (Å²) >= 11 is 1.27. The monoisotopic (exact) mass is 414 g/mol. The number of carbonyl (C=O) groups excluding carboxylic acids is 1. The van der Waals surface area contributed by atoms with Crippen LogP contribution in [0.25, 0.3) is 0 Å². The number of aromatic hydroxyl groups is 1. The molecule has 0 saturated carbocycles. The smallest absolute Gasteiger partial charge is 0.234 e. The first-order chi connectivity index (χ1) is 14.0. The fourth-order valence-corrected chi connectivity index (χ4v) is 3.37. The van der Waals surface area contributed by atoms with E-state index in [4.69, 9.17) is 9.47 Å². The van der Waals surface area contributed by atoms with Gasteiger partial charge in [0.15, 0.2) is 17.1 Å². The van der Waals surface area contributed by atoms with E-state index in [1.54, 1.807) is 35.9 Å². The number of thioether (sulfide) groups is 1. The van der Waals surface area contributed by atoms with Gasteiger partial charge in [-0.1, -0.05) is 23.9 Å². The first kappa shape index (κ1) is 20.5. The predicted octanol–water partition coefficient (Wildman–Crippen LogP) is 3.40. The van der Waals surface area contributed by atoms with E-state index in [-0.39, 0.29) is 23.5 Å². The molecule has 1 atom stereocenters. The number of carbonyl (C=O) groups is 1. The maximum atomic E-state index is 12.1. The number of nitrogens with one attached hydrogen (secondary N) is 1. The number of rotatable bonds is 8. The van der Waals surface area contributed by atoms with Crippen molar-refractivity contribution in [3.05, 3.63) is 54.4 Å². The number of ether oxygens (including phenoxy) is 2. The summed E-state index contributed by atoms with van der Waals surface area (Å²) in [6.45, 7) is 1.88. The van der Waals surface area contributed by atoms with Crippen LogP contribution in [0, 0.1) is 0 Å². The Morgan fingerprint density at radius 2 is 1.97 bits per heavy atom. The Morgan fingerprint density at radius 1 is 1.21 bits per heavy atom. The summed E-state index contributed by atoms with van der Waals surface area (Å²) in [7, 11) is 3.43. The Hall–Kier alpha value is -3.20. The number of phenolic OH excluding ortho intramolecular Hbond substituents is 1. The summed E-state index contributed by atoms with van der Waals surface area (Å²) in [5.74, 6) is 2.07. The van der Waals surface area contributed by atoms with E-state index in [2.05, 4.69) is 15.5 Å². The molecule has 0 aliphatic carbocycles. The molecule has 0 spiro atoms. The van der Waals surface area contributed by atoms with E-state index < -0.39 is 0 Å². The molecule has 152 valence electrons. The molecule has 0 aliphatic rings. The molecule has 2 N–H and O–H groups in total. The maximum absolute atomic E-state index is 12.1. The minimum Gasteiger partial charge on any atom is -0.508 e. The summed E-state index contributed by atoms with van der Waals surface area (Å²) in [6.07, 6.45) is -0.338. The lowest BCUT2D eigenvalue weighted by Crippen LogP contribution is -2.14. The van der Waals surface area contributed by atoms with E-state index in [0.717, 1.165) is 0 Å². The van der Waals surface area contributed by atoms with E-state index in [1.807, 2.05) is 32.2 Å². The molecule has 9 heteroatoms. The van der Waals surface area contributed by atoms with Gasteiger partial charge in [0.1, 0.15) is 17.2 Å². The quantitative estimate of drug-likeness (QED) is 0.545. The Bertz CT molecular complexity index is 992. The highest BCUT2D eigenvalue weighted by atomic mass is 32.2. The van der Waals surface area contributed by atoms with Gasteiger partial charge in [-0.05, 0) is 31.2 Å². The van der Waals surface area contributed by atoms with Crippen molar-refractivity contribution in [3.63, 3.8) is 0 Å². The molecular formula is C20H22N4O4S. The molecule has 0 aliphatic heterocycles. The largest absolute Gasteiger partial charge is 0.508 e. The van der Waals surface area contributed by atoms with Crippen molar-refractivity contribution in [2.24, 2.45) is 7.05 Å². The fraction of sp³-hybridized carbons (Fsp3) is 0.250. The van der Waals surface area contributed by atoms with Crippen LogP contribution in [0.4, 0.5) is 5.69 Å². The normalized spacial score (nSPS) is 11.7. The number of amides is 1. The molecular weight excluding hydrogens is 392 g/mol. The number of benzene rings is 2. The van der Waals surface area contributed by atoms with Crippen LogP contribution < -0.4 is 14.8 Å². The second-order valence-electron chi connectivity index (χ2n) is 6.23. The number of phenols is 1. The van der Waals surface area contributed by atoms with Crippen molar-refractivity contribution in [3.8, 4) is 17.2 Å². The van der Waals surface area contributed by atoms with Crippen LogP contribution in [0.2, 0.25) is 0 Å². The van der Waals surface area contributed by atoms with E-state index >= 15 is 0 Å². The summed E-state index contributed by atoms with van der Waals surface area (Å²) in [5.41, 5.74) is 0.537. The number of nitrogens with zero attached hydrogens (tertiary/aromatic N) is 3. The lowest BCUT2D eigenvalue weighted by atomic mass is 10.3. The Morgan fingerprint density at radius 3 is 2.72 bits per heavy atom. The molecule has 0 saturated heterocycles. The molecule has 1 aromatic heterocycles. The van der Waals surface area contributed by atoms with Gasteiger partial charge in [-0.2, -0.15) is 0 Å². The molecule has 1 amide bonds. The molecule has 1 heterocycles. The zero-order valence-corrected chi connectivity index (χ0v) is 17.1. The Balaban J connectivity index is 1.59. The zero-order valence-electron chi connectivity index (χ0n) is 16.3. The third-order valence-corrected chi connectivity index (χ3v) is 5.07. The van der Waals surface area contributed by atoms with Crippen LogP contribution in [0.5, 0.6) is 17.2 Å². The van der Waals surface area contributed by atoms with Crippen LogP contribution in [0.15, 0.2) is 53.7 Å². The van der Waals surface area contributed by atoms with Crippen LogP contribution in [0.1, 0.15) is 18.9 Å². The maximum Gasteiger partial charge on any atom is 0.234 e. The van der Waals surface area contributed by atoms with Gasteiger partial charge in [0.05, 0.1) is 12.9 Å². The molecule has 1 unspecified atom stereocenters. The predicted molar refractivity (Wildman–Crippen MR) is 111 cm³/mol. The van der Waals surface area contributed by atoms with Gasteiger partial charge in [0.25, 0.3) is 0 Å². The Kier molecular flexibility index (Phi) is 6.61. The van der Waals surface area contributed by atoms with Crippen molar-refractivity contribution in [1.82, 2.24) is 14.8 Å². The standard InChI is InChI=1S/C20H22N4O4S/c1-13(28-17-9-5-8-16(11-17)27-3)19-22-23-20(24(19)2)29-12-18(26)21-14-6-4-7-15(25)10-14/h4-11,13,25H,12H2,1-3H3,(H,21,26). The average molecular weight is 414 g/mol. The summed E-state index contributed by atoms with van der Waals surface area (Å²) in [4.78, 5) is 12.1. The number of anilines is 1. The van der Waals surface area contributed by atoms with Crippen molar-refractivity contribution in [2.45, 2.75) is 18.2 Å². The van der Waals surface area contributed by atoms with Gasteiger partial charge in [0.2, 0.25) is 5.91 Å². The molecule has 8 nitrogen and oxygen atoms in total. The minimum absolute atomic E-state index is 0.0958. The highest BCUT2D eigenvalue weighted by Gasteiger charge is 2.18. The average Bonchev–Trinajstić information content (AvgIpc) is 3.07. The number of hydrogen-bond donors (Lipinski definition) is 2. The van der Waals surface area contributed by atoms with E-state index in [1.165, 1.54) is 17.8 Å². The topological polar surface area (TPSA) is 98.5 Å². The number of aromatic nitrogens is 3. The van der Waals surface area contributed by atoms with Crippen molar-refractivity contribution >= 4 is 23.4 Å². The van der Waals surface area contributed by atoms with Crippen LogP contribution in [-0.2, 0) is 11.8 Å². The third kappa shape index (κ3) is 5.41. The summed E-state index contributed by atoms with van der Waals surface area (Å²) in [5, 5.41) is 21.2. The van der Waals surface area contributed by atoms with Gasteiger partial charge >= 0.3 is 0 Å². The van der Waals surface area contributed by atoms with Gasteiger partial charge < -0.3 is 24.5 Å². The van der Waals surface area contributed by atoms with Gasteiger partial charge in [-0.25, -0.2) is 0 Å². The van der Waals surface area contributed by atoms with Crippen LogP contribution in [-0.4, -0.2) is 38.6 Å². The summed E-state index contributed by atoms with van der Waals surface area (Å²) in [6, 6.07) is 13.7. The van der Waals surface area contributed by atoms with Gasteiger partial charge in [0, 0.05) is 24.9 Å². The zero-order chi connectivity index (χ0) is 20.8. The van der Waals surface area contributed by atoms with Crippen molar-refractivity contribution < 1.29 is 19.4 Å². The molecule has 0 radical (unpaired) electrons. The second-order valence-corrected chi connectivity index (χ2v) is 7.17. The van der Waals surface area contributed by atoms with Crippen LogP contribution in [0.3, 0.4) is 0 Å². The van der Waals surface area contributed by atoms with Crippen LogP contribution >= 0.6 is 11.8 Å². The van der Waals surface area contributed by atoms with E-state index in [0.29, 0.717) is 28.2 Å². The molecule has 3 aromatic rings. The first-order valence-electron chi connectivity index (χ1n) is 8.88. The van der Waals surface area contributed by atoms with E-state index in [9.17, 15) is 9.90 Å². The second kappa shape index (κ2) is 9.33. The van der Waals surface area contributed by atoms with Crippen molar-refractivity contribution in [2.75, 3.05) is 18.2 Å². The minimum atomic E-state index is -0.338. The summed E-state index contributed by atoms with van der Waals surface area (Å²) < 4.78 is 12.9. The molecule has 29 heavy (non-hydrogen) atoms. The van der Waals surface area contributed by atoms with Crippen molar-refractivity contribution in [1.29, 1.82) is 0 Å². The Labute approximate surface area is 172 Å². The molecule has 3 rings (SSSR count). The molecule has 0 fully saturated rings. The highest BCUT2D eigenvalue weighted by molar-refractivity contribution is 7.99.